The molecule has 0 aliphatic heterocycles. The molecule has 0 aliphatic carbocycles. The Kier molecular flexibility index (Phi) is 6.57. The number of methoxy groups -OCH3 is 1. The molecule has 144 valence electrons. The highest BCUT2D eigenvalue weighted by molar-refractivity contribution is 7.90. The molecule has 0 aliphatic rings. The molecule has 2 rings (SSSR count). The fraction of sp³-hybridized carbons (Fsp3) is 0.263. The zero-order valence-electron chi connectivity index (χ0n) is 15.3. The lowest BCUT2D eigenvalue weighted by Gasteiger charge is -2.19. The summed E-state index contributed by atoms with van der Waals surface area (Å²) >= 11 is 0. The number of hydrogen-bond acceptors (Lipinski definition) is 6. The van der Waals surface area contributed by atoms with Crippen molar-refractivity contribution in [2.24, 2.45) is 0 Å². The first kappa shape index (κ1) is 20.4. The van der Waals surface area contributed by atoms with Crippen molar-refractivity contribution in [3.63, 3.8) is 0 Å². The minimum absolute atomic E-state index is 0.0971. The van der Waals surface area contributed by atoms with Crippen molar-refractivity contribution in [2.45, 2.75) is 11.4 Å². The molecule has 1 amide bonds. The molecule has 0 atom stereocenters. The number of amides is 1. The standard InChI is InChI=1S/C19H21NO6S/c1-20(12-14-8-4-6-10-16(14)25-2)18(21)13-26-19(22)15-9-5-7-11-17(15)27(3,23)24/h4-11H,12-13H2,1-3H3. The summed E-state index contributed by atoms with van der Waals surface area (Å²) in [6.45, 7) is -0.219. The molecule has 0 aromatic heterocycles. The fourth-order valence-corrected chi connectivity index (χ4v) is 3.33. The Morgan fingerprint density at radius 3 is 2.33 bits per heavy atom. The lowest BCUT2D eigenvalue weighted by Crippen LogP contribution is -2.31. The van der Waals surface area contributed by atoms with E-state index in [0.717, 1.165) is 11.8 Å². The number of rotatable bonds is 7. The van der Waals surface area contributed by atoms with Gasteiger partial charge >= 0.3 is 5.97 Å². The molecule has 0 spiro atoms. The van der Waals surface area contributed by atoms with Gasteiger partial charge in [-0.15, -0.1) is 0 Å². The van der Waals surface area contributed by atoms with E-state index in [4.69, 9.17) is 9.47 Å². The van der Waals surface area contributed by atoms with Crippen LogP contribution < -0.4 is 4.74 Å². The summed E-state index contributed by atoms with van der Waals surface area (Å²) in [4.78, 5) is 25.7. The monoisotopic (exact) mass is 391 g/mol. The van der Waals surface area contributed by atoms with Crippen molar-refractivity contribution in [1.29, 1.82) is 0 Å². The van der Waals surface area contributed by atoms with E-state index in [0.29, 0.717) is 5.75 Å². The number of esters is 1. The average Bonchev–Trinajstić information content (AvgIpc) is 2.65. The third kappa shape index (κ3) is 5.30. The molecule has 0 heterocycles. The van der Waals surface area contributed by atoms with E-state index in [9.17, 15) is 18.0 Å². The third-order valence-corrected chi connectivity index (χ3v) is 5.01. The number of likely N-dealkylation sites (N-methyl/N-ethyl adjacent to an activating group) is 1. The summed E-state index contributed by atoms with van der Waals surface area (Å²) in [5, 5.41) is 0. The Morgan fingerprint density at radius 1 is 1.04 bits per heavy atom. The molecule has 0 radical (unpaired) electrons. The summed E-state index contributed by atoms with van der Waals surface area (Å²) in [6.07, 6.45) is 1.01. The van der Waals surface area contributed by atoms with Gasteiger partial charge in [-0.2, -0.15) is 0 Å². The molecule has 7 nitrogen and oxygen atoms in total. The van der Waals surface area contributed by atoms with E-state index in [-0.39, 0.29) is 17.0 Å². The Balaban J connectivity index is 2.02. The number of nitrogens with zero attached hydrogens (tertiary/aromatic N) is 1. The fourth-order valence-electron chi connectivity index (χ4n) is 2.45. The van der Waals surface area contributed by atoms with Gasteiger partial charge < -0.3 is 14.4 Å². The van der Waals surface area contributed by atoms with Crippen LogP contribution in [0.3, 0.4) is 0 Å². The van der Waals surface area contributed by atoms with Gasteiger partial charge in [-0.3, -0.25) is 4.79 Å². The average molecular weight is 391 g/mol. The summed E-state index contributed by atoms with van der Waals surface area (Å²) in [5.41, 5.74) is 0.713. The number of ether oxygens (including phenoxy) is 2. The van der Waals surface area contributed by atoms with Crippen molar-refractivity contribution in [3.05, 3.63) is 59.7 Å². The molecule has 0 N–H and O–H groups in total. The van der Waals surface area contributed by atoms with Crippen LogP contribution in [0.4, 0.5) is 0 Å². The first-order valence-electron chi connectivity index (χ1n) is 8.06. The van der Waals surface area contributed by atoms with Crippen LogP contribution in [0.1, 0.15) is 15.9 Å². The lowest BCUT2D eigenvalue weighted by molar-refractivity contribution is -0.133. The third-order valence-electron chi connectivity index (χ3n) is 3.86. The second kappa shape index (κ2) is 8.68. The second-order valence-electron chi connectivity index (χ2n) is 5.91. The predicted molar refractivity (Wildman–Crippen MR) is 99.3 cm³/mol. The van der Waals surface area contributed by atoms with Gasteiger partial charge in [-0.1, -0.05) is 30.3 Å². The largest absolute Gasteiger partial charge is 0.496 e. The molecule has 2 aromatic carbocycles. The number of sulfone groups is 1. The number of para-hydroxylation sites is 1. The van der Waals surface area contributed by atoms with Crippen molar-refractivity contribution in [2.75, 3.05) is 27.0 Å². The molecule has 0 fully saturated rings. The Hall–Kier alpha value is -2.87. The van der Waals surface area contributed by atoms with Crippen LogP contribution in [-0.4, -0.2) is 52.2 Å². The van der Waals surface area contributed by atoms with Crippen LogP contribution in [0.15, 0.2) is 53.4 Å². The zero-order valence-corrected chi connectivity index (χ0v) is 16.2. The minimum Gasteiger partial charge on any atom is -0.496 e. The van der Waals surface area contributed by atoms with Gasteiger partial charge in [0.2, 0.25) is 0 Å². The molecular formula is C19H21NO6S. The molecule has 27 heavy (non-hydrogen) atoms. The molecule has 0 saturated carbocycles. The topological polar surface area (TPSA) is 90.0 Å². The molecule has 0 bridgehead atoms. The van der Waals surface area contributed by atoms with Crippen LogP contribution in [0.5, 0.6) is 5.75 Å². The molecule has 0 saturated heterocycles. The smallest absolute Gasteiger partial charge is 0.339 e. The zero-order chi connectivity index (χ0) is 20.0. The summed E-state index contributed by atoms with van der Waals surface area (Å²) in [7, 11) is -0.472. The van der Waals surface area contributed by atoms with Crippen LogP contribution in [0.25, 0.3) is 0 Å². The Morgan fingerprint density at radius 2 is 1.67 bits per heavy atom. The van der Waals surface area contributed by atoms with Crippen LogP contribution in [-0.2, 0) is 25.9 Å². The highest BCUT2D eigenvalue weighted by atomic mass is 32.2. The molecule has 2 aromatic rings. The number of hydrogen-bond donors (Lipinski definition) is 0. The molecule has 8 heteroatoms. The summed E-state index contributed by atoms with van der Waals surface area (Å²) in [5.74, 6) is -0.641. The lowest BCUT2D eigenvalue weighted by atomic mass is 10.2. The van der Waals surface area contributed by atoms with Gasteiger partial charge in [-0.25, -0.2) is 13.2 Å². The van der Waals surface area contributed by atoms with Gasteiger partial charge in [0, 0.05) is 25.4 Å². The highest BCUT2D eigenvalue weighted by Crippen LogP contribution is 2.19. The first-order valence-corrected chi connectivity index (χ1v) is 9.95. The maximum atomic E-state index is 12.3. The van der Waals surface area contributed by atoms with Crippen LogP contribution in [0, 0.1) is 0 Å². The van der Waals surface area contributed by atoms with Gasteiger partial charge in [0.1, 0.15) is 5.75 Å². The number of carbonyl (C=O) groups is 2. The van der Waals surface area contributed by atoms with E-state index in [2.05, 4.69) is 0 Å². The molecular weight excluding hydrogens is 370 g/mol. The van der Waals surface area contributed by atoms with Crippen molar-refractivity contribution >= 4 is 21.7 Å². The van der Waals surface area contributed by atoms with Crippen LogP contribution in [0.2, 0.25) is 0 Å². The van der Waals surface area contributed by atoms with E-state index in [1.807, 2.05) is 18.2 Å². The van der Waals surface area contributed by atoms with Gasteiger partial charge in [0.25, 0.3) is 5.91 Å². The number of carbonyl (C=O) groups excluding carboxylic acids is 2. The quantitative estimate of drug-likeness (QED) is 0.670. The Bertz CT molecular complexity index is 939. The van der Waals surface area contributed by atoms with E-state index < -0.39 is 28.3 Å². The van der Waals surface area contributed by atoms with Gasteiger partial charge in [0.05, 0.1) is 17.6 Å². The summed E-state index contributed by atoms with van der Waals surface area (Å²) < 4.78 is 33.8. The van der Waals surface area contributed by atoms with E-state index in [1.165, 1.54) is 29.2 Å². The predicted octanol–water partition coefficient (Wildman–Crippen LogP) is 1.91. The minimum atomic E-state index is -3.59. The summed E-state index contributed by atoms with van der Waals surface area (Å²) in [6, 6.07) is 13.0. The number of benzene rings is 2. The SMILES string of the molecule is COc1ccccc1CN(C)C(=O)COC(=O)c1ccccc1S(C)(=O)=O. The van der Waals surface area contributed by atoms with Crippen molar-refractivity contribution < 1.29 is 27.5 Å². The molecule has 0 unspecified atom stereocenters. The van der Waals surface area contributed by atoms with Crippen LogP contribution >= 0.6 is 0 Å². The maximum Gasteiger partial charge on any atom is 0.339 e. The second-order valence-corrected chi connectivity index (χ2v) is 7.89. The van der Waals surface area contributed by atoms with Gasteiger partial charge in [-0.05, 0) is 18.2 Å². The maximum absolute atomic E-state index is 12.3. The highest BCUT2D eigenvalue weighted by Gasteiger charge is 2.21. The van der Waals surface area contributed by atoms with E-state index >= 15 is 0 Å². The van der Waals surface area contributed by atoms with E-state index in [1.54, 1.807) is 20.2 Å². The normalized spacial score (nSPS) is 10.9. The first-order chi connectivity index (χ1) is 12.7. The van der Waals surface area contributed by atoms with Crippen molar-refractivity contribution in [1.82, 2.24) is 4.90 Å². The van der Waals surface area contributed by atoms with Crippen molar-refractivity contribution in [3.8, 4) is 5.75 Å². The Labute approximate surface area is 158 Å². The van der Waals surface area contributed by atoms with Gasteiger partial charge in [0.15, 0.2) is 16.4 Å².